The van der Waals surface area contributed by atoms with E-state index < -0.39 is 0 Å². The summed E-state index contributed by atoms with van der Waals surface area (Å²) < 4.78 is 0. The largest absolute Gasteiger partial charge is 0.353 e. The molecule has 0 aliphatic heterocycles. The van der Waals surface area contributed by atoms with Gasteiger partial charge in [0, 0.05) is 6.04 Å². The lowest BCUT2D eigenvalue weighted by molar-refractivity contribution is -0.123. The van der Waals surface area contributed by atoms with E-state index in [0.717, 1.165) is 18.4 Å². The molecule has 1 aromatic carbocycles. The molecule has 0 aliphatic rings. The van der Waals surface area contributed by atoms with Crippen molar-refractivity contribution in [3.8, 4) is 0 Å². The average Bonchev–Trinajstić information content (AvgIpc) is 2.31. The highest BCUT2D eigenvalue weighted by atomic mass is 16.1. The lowest BCUT2D eigenvalue weighted by atomic mass is 9.95. The summed E-state index contributed by atoms with van der Waals surface area (Å²) in [4.78, 5) is 12.1. The summed E-state index contributed by atoms with van der Waals surface area (Å²) >= 11 is 0. The molecule has 0 fully saturated rings. The van der Waals surface area contributed by atoms with Crippen molar-refractivity contribution in [2.75, 3.05) is 6.54 Å². The van der Waals surface area contributed by atoms with Gasteiger partial charge < -0.3 is 11.1 Å². The number of hydrogen-bond donors (Lipinski definition) is 2. The third-order valence-electron chi connectivity index (χ3n) is 2.92. The van der Waals surface area contributed by atoms with Crippen molar-refractivity contribution in [2.24, 2.45) is 5.73 Å². The summed E-state index contributed by atoms with van der Waals surface area (Å²) in [5.74, 6) is 0.0380. The first-order chi connectivity index (χ1) is 8.19. The van der Waals surface area contributed by atoms with Gasteiger partial charge in [0.05, 0.1) is 5.92 Å². The Morgan fingerprint density at radius 3 is 2.53 bits per heavy atom. The third kappa shape index (κ3) is 4.19. The summed E-state index contributed by atoms with van der Waals surface area (Å²) in [5.41, 5.74) is 6.55. The van der Waals surface area contributed by atoms with Crippen LogP contribution in [0.15, 0.2) is 30.3 Å². The molecule has 2 atom stereocenters. The molecule has 1 amide bonds. The SMILES string of the molecule is CCC(C(=O)NC(C)CCN)c1ccccc1. The molecule has 1 rings (SSSR count). The van der Waals surface area contributed by atoms with Crippen LogP contribution in [0.1, 0.15) is 38.2 Å². The Labute approximate surface area is 103 Å². The topological polar surface area (TPSA) is 55.1 Å². The molecule has 3 N–H and O–H groups in total. The third-order valence-corrected chi connectivity index (χ3v) is 2.92. The number of nitrogens with two attached hydrogens (primary N) is 1. The van der Waals surface area contributed by atoms with E-state index in [1.54, 1.807) is 0 Å². The first-order valence-corrected chi connectivity index (χ1v) is 6.24. The second kappa shape index (κ2) is 7.07. The highest BCUT2D eigenvalue weighted by molar-refractivity contribution is 5.83. The Kier molecular flexibility index (Phi) is 5.70. The van der Waals surface area contributed by atoms with E-state index >= 15 is 0 Å². The van der Waals surface area contributed by atoms with Crippen LogP contribution in [0.5, 0.6) is 0 Å². The summed E-state index contributed by atoms with van der Waals surface area (Å²) in [7, 11) is 0. The van der Waals surface area contributed by atoms with Crippen molar-refractivity contribution in [3.05, 3.63) is 35.9 Å². The zero-order chi connectivity index (χ0) is 12.7. The fraction of sp³-hybridized carbons (Fsp3) is 0.500. The maximum atomic E-state index is 12.1. The van der Waals surface area contributed by atoms with Gasteiger partial charge in [-0.3, -0.25) is 4.79 Å². The molecule has 0 aliphatic carbocycles. The number of nitrogens with one attached hydrogen (secondary N) is 1. The van der Waals surface area contributed by atoms with E-state index in [9.17, 15) is 4.79 Å². The van der Waals surface area contributed by atoms with Crippen molar-refractivity contribution in [1.29, 1.82) is 0 Å². The molecule has 3 nitrogen and oxygen atoms in total. The normalized spacial score (nSPS) is 14.1. The number of hydrogen-bond acceptors (Lipinski definition) is 2. The highest BCUT2D eigenvalue weighted by Crippen LogP contribution is 2.19. The van der Waals surface area contributed by atoms with Crippen LogP contribution in [0.4, 0.5) is 0 Å². The van der Waals surface area contributed by atoms with Crippen LogP contribution in [0.2, 0.25) is 0 Å². The Morgan fingerprint density at radius 2 is 2.00 bits per heavy atom. The van der Waals surface area contributed by atoms with Crippen molar-refractivity contribution < 1.29 is 4.79 Å². The van der Waals surface area contributed by atoms with Crippen LogP contribution >= 0.6 is 0 Å². The lowest BCUT2D eigenvalue weighted by Gasteiger charge is -2.19. The maximum absolute atomic E-state index is 12.1. The van der Waals surface area contributed by atoms with Gasteiger partial charge in [0.25, 0.3) is 0 Å². The highest BCUT2D eigenvalue weighted by Gasteiger charge is 2.19. The zero-order valence-corrected chi connectivity index (χ0v) is 10.6. The Bertz CT molecular complexity index is 337. The van der Waals surface area contributed by atoms with Crippen molar-refractivity contribution in [3.63, 3.8) is 0 Å². The van der Waals surface area contributed by atoms with Gasteiger partial charge >= 0.3 is 0 Å². The zero-order valence-electron chi connectivity index (χ0n) is 10.6. The van der Waals surface area contributed by atoms with Crippen LogP contribution in [0.25, 0.3) is 0 Å². The molecule has 17 heavy (non-hydrogen) atoms. The quantitative estimate of drug-likeness (QED) is 0.791. The Morgan fingerprint density at radius 1 is 1.35 bits per heavy atom. The van der Waals surface area contributed by atoms with Crippen molar-refractivity contribution in [2.45, 2.75) is 38.6 Å². The fourth-order valence-corrected chi connectivity index (χ4v) is 1.92. The van der Waals surface area contributed by atoms with Crippen LogP contribution < -0.4 is 11.1 Å². The standard InChI is InChI=1S/C14H22N2O/c1-3-13(12-7-5-4-6-8-12)14(17)16-11(2)9-10-15/h4-8,11,13H,3,9-10,15H2,1-2H3,(H,16,17). The molecule has 1 aromatic rings. The van der Waals surface area contributed by atoms with Crippen LogP contribution in [0.3, 0.4) is 0 Å². The molecular weight excluding hydrogens is 212 g/mol. The number of carbonyl (C=O) groups excluding carboxylic acids is 1. The van der Waals surface area contributed by atoms with E-state index in [1.165, 1.54) is 0 Å². The molecular formula is C14H22N2O. The maximum Gasteiger partial charge on any atom is 0.227 e. The molecule has 0 heterocycles. The van der Waals surface area contributed by atoms with E-state index in [1.807, 2.05) is 44.2 Å². The first-order valence-electron chi connectivity index (χ1n) is 6.24. The van der Waals surface area contributed by atoms with Crippen LogP contribution in [0, 0.1) is 0 Å². The van der Waals surface area contributed by atoms with Gasteiger partial charge in [-0.1, -0.05) is 37.3 Å². The molecule has 94 valence electrons. The second-order valence-corrected chi connectivity index (χ2v) is 4.36. The molecule has 0 saturated carbocycles. The van der Waals surface area contributed by atoms with E-state index in [4.69, 9.17) is 5.73 Å². The molecule has 0 radical (unpaired) electrons. The van der Waals surface area contributed by atoms with Crippen molar-refractivity contribution >= 4 is 5.91 Å². The lowest BCUT2D eigenvalue weighted by Crippen LogP contribution is -2.37. The van der Waals surface area contributed by atoms with E-state index in [0.29, 0.717) is 6.54 Å². The first kappa shape index (κ1) is 13.7. The minimum atomic E-state index is -0.0589. The minimum absolute atomic E-state index is 0.0589. The monoisotopic (exact) mass is 234 g/mol. The van der Waals surface area contributed by atoms with Crippen LogP contribution in [-0.4, -0.2) is 18.5 Å². The Balaban J connectivity index is 2.65. The fourth-order valence-electron chi connectivity index (χ4n) is 1.92. The predicted octanol–water partition coefficient (Wildman–Crippen LogP) is 2.03. The predicted molar refractivity (Wildman–Crippen MR) is 70.8 cm³/mol. The van der Waals surface area contributed by atoms with E-state index in [-0.39, 0.29) is 17.9 Å². The van der Waals surface area contributed by atoms with Gasteiger partial charge in [-0.05, 0) is 31.9 Å². The Hall–Kier alpha value is -1.35. The van der Waals surface area contributed by atoms with Gasteiger partial charge in [-0.25, -0.2) is 0 Å². The second-order valence-electron chi connectivity index (χ2n) is 4.36. The summed E-state index contributed by atoms with van der Waals surface area (Å²) in [6.45, 7) is 4.62. The van der Waals surface area contributed by atoms with Crippen LogP contribution in [-0.2, 0) is 4.79 Å². The molecule has 0 aromatic heterocycles. The summed E-state index contributed by atoms with van der Waals surface area (Å²) in [6.07, 6.45) is 1.63. The minimum Gasteiger partial charge on any atom is -0.353 e. The molecule has 0 bridgehead atoms. The number of amides is 1. The molecule has 0 saturated heterocycles. The van der Waals surface area contributed by atoms with Gasteiger partial charge in [-0.15, -0.1) is 0 Å². The van der Waals surface area contributed by atoms with Gasteiger partial charge in [0.15, 0.2) is 0 Å². The number of rotatable bonds is 6. The number of benzene rings is 1. The van der Waals surface area contributed by atoms with Gasteiger partial charge in [0.2, 0.25) is 5.91 Å². The summed E-state index contributed by atoms with van der Waals surface area (Å²) in [5, 5.41) is 3.01. The number of carbonyl (C=O) groups is 1. The van der Waals surface area contributed by atoms with Gasteiger partial charge in [0.1, 0.15) is 0 Å². The van der Waals surface area contributed by atoms with Crippen molar-refractivity contribution in [1.82, 2.24) is 5.32 Å². The summed E-state index contributed by atoms with van der Waals surface area (Å²) in [6, 6.07) is 10.0. The smallest absolute Gasteiger partial charge is 0.227 e. The molecule has 2 unspecified atom stereocenters. The van der Waals surface area contributed by atoms with E-state index in [2.05, 4.69) is 5.32 Å². The molecule has 3 heteroatoms. The molecule has 0 spiro atoms. The average molecular weight is 234 g/mol. The van der Waals surface area contributed by atoms with Gasteiger partial charge in [-0.2, -0.15) is 0 Å².